The van der Waals surface area contributed by atoms with Crippen LogP contribution in [0, 0.1) is 0 Å². The lowest BCUT2D eigenvalue weighted by molar-refractivity contribution is 1.08. The maximum atomic E-state index is 5.15. The van der Waals surface area contributed by atoms with Crippen molar-refractivity contribution in [3.63, 3.8) is 0 Å². The molecular weight excluding hydrogens is 733 g/mol. The third kappa shape index (κ3) is 5.42. The number of para-hydroxylation sites is 3. The molecule has 9 aromatic carbocycles. The van der Waals surface area contributed by atoms with E-state index >= 15 is 0 Å². The van der Waals surface area contributed by atoms with E-state index in [1.165, 1.54) is 21.7 Å². The van der Waals surface area contributed by atoms with Crippen LogP contribution in [-0.4, -0.2) is 29.1 Å². The first kappa shape index (κ1) is 33.9. The minimum atomic E-state index is 0.641. The standard InChI is InChI=1S/C54H34N6/c1-5-15-36(16-6-1)51-56-52(37-17-7-2-8-18-37)58-53(57-51)44-32-34-48-50-43(44)30-29-42-41(31-33-47(49(42)50)59(48)39-21-11-4-12-22-39)35-25-27-40(28-26-35)60-46-24-14-13-23-45(46)55-54(60)38-19-9-3-10-20-38/h1-34H. The van der Waals surface area contributed by atoms with Crippen molar-refractivity contribution in [2.24, 2.45) is 0 Å². The Bertz CT molecular complexity index is 3440. The maximum absolute atomic E-state index is 5.15. The molecule has 60 heavy (non-hydrogen) atoms. The highest BCUT2D eigenvalue weighted by Gasteiger charge is 2.23. The minimum absolute atomic E-state index is 0.641. The number of imidazole rings is 1. The summed E-state index contributed by atoms with van der Waals surface area (Å²) in [6.07, 6.45) is 0. The molecule has 0 unspecified atom stereocenters. The zero-order valence-corrected chi connectivity index (χ0v) is 32.3. The van der Waals surface area contributed by atoms with E-state index in [1.54, 1.807) is 0 Å². The topological polar surface area (TPSA) is 61.4 Å². The summed E-state index contributed by atoms with van der Waals surface area (Å²) in [4.78, 5) is 20.3. The summed E-state index contributed by atoms with van der Waals surface area (Å²) in [7, 11) is 0. The Morgan fingerprint density at radius 3 is 1.38 bits per heavy atom. The van der Waals surface area contributed by atoms with Crippen LogP contribution < -0.4 is 0 Å². The largest absolute Gasteiger partial charge is 0.309 e. The molecule has 6 nitrogen and oxygen atoms in total. The van der Waals surface area contributed by atoms with Crippen LogP contribution in [0.1, 0.15) is 0 Å². The third-order valence-corrected chi connectivity index (χ3v) is 11.6. The Balaban J connectivity index is 1.06. The van der Waals surface area contributed by atoms with Crippen LogP contribution >= 0.6 is 0 Å². The number of hydrogen-bond donors (Lipinski definition) is 0. The zero-order valence-electron chi connectivity index (χ0n) is 32.3. The quantitative estimate of drug-likeness (QED) is 0.152. The Kier molecular flexibility index (Phi) is 7.74. The molecule has 0 radical (unpaired) electrons. The molecule has 0 aliphatic rings. The van der Waals surface area contributed by atoms with Gasteiger partial charge in [-0.2, -0.15) is 0 Å². The summed E-state index contributed by atoms with van der Waals surface area (Å²) in [6, 6.07) is 72.1. The molecule has 0 bridgehead atoms. The van der Waals surface area contributed by atoms with Crippen molar-refractivity contribution in [1.29, 1.82) is 0 Å². The van der Waals surface area contributed by atoms with Crippen LogP contribution in [0.25, 0.3) is 112 Å². The van der Waals surface area contributed by atoms with E-state index in [2.05, 4.69) is 167 Å². The fourth-order valence-electron chi connectivity index (χ4n) is 8.85. The third-order valence-electron chi connectivity index (χ3n) is 11.6. The van der Waals surface area contributed by atoms with E-state index in [0.717, 1.165) is 72.5 Å². The van der Waals surface area contributed by atoms with Crippen molar-refractivity contribution in [2.75, 3.05) is 0 Å². The Morgan fingerprint density at radius 2 is 0.767 bits per heavy atom. The fraction of sp³-hybridized carbons (Fsp3) is 0. The van der Waals surface area contributed by atoms with Crippen molar-refractivity contribution in [3.8, 4) is 68.1 Å². The average Bonchev–Trinajstić information content (AvgIpc) is 3.89. The SMILES string of the molecule is c1ccc(-c2nc(-c3ccccc3)nc(-c3ccc4c5c3ccc3c(-c6ccc(-n7c(-c8ccccc8)nc8ccccc87)cc6)ccc(c35)n4-c3ccccc3)n2)cc1. The predicted molar refractivity (Wildman–Crippen MR) is 245 cm³/mol. The van der Waals surface area contributed by atoms with Crippen molar-refractivity contribution in [1.82, 2.24) is 29.1 Å². The Hall–Kier alpha value is -8.22. The van der Waals surface area contributed by atoms with Crippen molar-refractivity contribution < 1.29 is 0 Å². The van der Waals surface area contributed by atoms with Gasteiger partial charge in [0.15, 0.2) is 17.5 Å². The zero-order chi connectivity index (χ0) is 39.6. The second-order valence-electron chi connectivity index (χ2n) is 15.1. The summed E-state index contributed by atoms with van der Waals surface area (Å²) in [5.41, 5.74) is 12.7. The molecule has 0 aliphatic heterocycles. The van der Waals surface area contributed by atoms with E-state index in [0.29, 0.717) is 17.5 Å². The first-order valence-electron chi connectivity index (χ1n) is 20.2. The number of nitrogens with zero attached hydrogens (tertiary/aromatic N) is 6. The molecule has 0 atom stereocenters. The minimum Gasteiger partial charge on any atom is -0.309 e. The summed E-state index contributed by atoms with van der Waals surface area (Å²) in [6.45, 7) is 0. The number of aromatic nitrogens is 6. The summed E-state index contributed by atoms with van der Waals surface area (Å²) >= 11 is 0. The lowest BCUT2D eigenvalue weighted by Crippen LogP contribution is -2.00. The summed E-state index contributed by atoms with van der Waals surface area (Å²) in [5, 5.41) is 4.68. The van der Waals surface area contributed by atoms with E-state index in [9.17, 15) is 0 Å². The highest BCUT2D eigenvalue weighted by Crippen LogP contribution is 2.45. The molecule has 6 heteroatoms. The van der Waals surface area contributed by atoms with Gasteiger partial charge in [0.1, 0.15) is 5.82 Å². The summed E-state index contributed by atoms with van der Waals surface area (Å²) < 4.78 is 4.64. The highest BCUT2D eigenvalue weighted by molar-refractivity contribution is 6.28. The van der Waals surface area contributed by atoms with Gasteiger partial charge in [-0.3, -0.25) is 4.57 Å². The van der Waals surface area contributed by atoms with Crippen LogP contribution in [-0.2, 0) is 0 Å². The second kappa shape index (κ2) is 13.7. The molecule has 3 aromatic heterocycles. The van der Waals surface area contributed by atoms with Gasteiger partial charge in [0, 0.05) is 44.4 Å². The maximum Gasteiger partial charge on any atom is 0.164 e. The van der Waals surface area contributed by atoms with Gasteiger partial charge in [-0.1, -0.05) is 152 Å². The van der Waals surface area contributed by atoms with Crippen LogP contribution in [0.3, 0.4) is 0 Å². The molecule has 0 spiro atoms. The highest BCUT2D eigenvalue weighted by atomic mass is 15.1. The van der Waals surface area contributed by atoms with Crippen LogP contribution in [0.4, 0.5) is 0 Å². The van der Waals surface area contributed by atoms with Gasteiger partial charge >= 0.3 is 0 Å². The molecular formula is C54H34N6. The second-order valence-corrected chi connectivity index (χ2v) is 15.1. The molecule has 12 aromatic rings. The normalized spacial score (nSPS) is 11.7. The van der Waals surface area contributed by atoms with Gasteiger partial charge in [0.2, 0.25) is 0 Å². The van der Waals surface area contributed by atoms with E-state index in [-0.39, 0.29) is 0 Å². The van der Waals surface area contributed by atoms with Crippen molar-refractivity contribution >= 4 is 43.6 Å². The van der Waals surface area contributed by atoms with Gasteiger partial charge in [-0.25, -0.2) is 19.9 Å². The Morgan fingerprint density at radius 1 is 0.283 bits per heavy atom. The van der Waals surface area contributed by atoms with Gasteiger partial charge < -0.3 is 4.57 Å². The molecule has 0 N–H and O–H groups in total. The number of fused-ring (bicyclic) bond motifs is 1. The molecule has 0 aliphatic carbocycles. The van der Waals surface area contributed by atoms with Gasteiger partial charge in [-0.05, 0) is 76.5 Å². The number of hydrogen-bond acceptors (Lipinski definition) is 4. The molecule has 0 amide bonds. The Labute approximate surface area is 345 Å². The van der Waals surface area contributed by atoms with Crippen LogP contribution in [0.15, 0.2) is 206 Å². The van der Waals surface area contributed by atoms with Gasteiger partial charge in [0.25, 0.3) is 0 Å². The first-order valence-corrected chi connectivity index (χ1v) is 20.2. The monoisotopic (exact) mass is 766 g/mol. The lowest BCUT2D eigenvalue weighted by atomic mass is 9.93. The van der Waals surface area contributed by atoms with Crippen molar-refractivity contribution in [3.05, 3.63) is 206 Å². The van der Waals surface area contributed by atoms with E-state index in [1.807, 2.05) is 48.5 Å². The van der Waals surface area contributed by atoms with Gasteiger partial charge in [-0.15, -0.1) is 0 Å². The molecule has 0 saturated carbocycles. The van der Waals surface area contributed by atoms with E-state index < -0.39 is 0 Å². The predicted octanol–water partition coefficient (Wildman–Crippen LogP) is 13.2. The molecule has 3 heterocycles. The van der Waals surface area contributed by atoms with Crippen LogP contribution in [0.2, 0.25) is 0 Å². The molecule has 280 valence electrons. The number of rotatable bonds is 7. The fourth-order valence-corrected chi connectivity index (χ4v) is 8.85. The number of benzene rings is 9. The molecule has 0 saturated heterocycles. The summed E-state index contributed by atoms with van der Waals surface area (Å²) in [5.74, 6) is 2.85. The lowest BCUT2D eigenvalue weighted by Gasteiger charge is -2.13. The smallest absolute Gasteiger partial charge is 0.164 e. The molecule has 0 fully saturated rings. The first-order chi connectivity index (χ1) is 29.8. The average molecular weight is 767 g/mol. The van der Waals surface area contributed by atoms with E-state index in [4.69, 9.17) is 19.9 Å². The molecule has 12 rings (SSSR count). The van der Waals surface area contributed by atoms with Gasteiger partial charge in [0.05, 0.1) is 22.1 Å². The van der Waals surface area contributed by atoms with Crippen LogP contribution in [0.5, 0.6) is 0 Å². The van der Waals surface area contributed by atoms with Crippen molar-refractivity contribution in [2.45, 2.75) is 0 Å².